The van der Waals surface area contributed by atoms with Gasteiger partial charge in [-0.15, -0.1) is 23.1 Å². The lowest BCUT2D eigenvalue weighted by Gasteiger charge is -2.17. The number of carboxylic acids is 1. The van der Waals surface area contributed by atoms with E-state index < -0.39 is 17.1 Å². The number of amides is 2. The van der Waals surface area contributed by atoms with Crippen LogP contribution in [0.5, 0.6) is 0 Å². The Labute approximate surface area is 216 Å². The van der Waals surface area contributed by atoms with E-state index in [1.165, 1.54) is 23.1 Å². The lowest BCUT2D eigenvalue weighted by molar-refractivity contribution is -0.142. The Kier molecular flexibility index (Phi) is 10.0. The predicted octanol–water partition coefficient (Wildman–Crippen LogP) is 4.52. The van der Waals surface area contributed by atoms with Gasteiger partial charge in [-0.2, -0.15) is 0 Å². The average molecular weight is 528 g/mol. The fourth-order valence-corrected chi connectivity index (χ4v) is 4.90. The van der Waals surface area contributed by atoms with Gasteiger partial charge in [-0.3, -0.25) is 19.2 Å². The topological polar surface area (TPSA) is 135 Å². The Morgan fingerprint density at radius 3 is 2.56 bits per heavy atom. The highest BCUT2D eigenvalue weighted by Gasteiger charge is 2.23. The van der Waals surface area contributed by atoms with Crippen LogP contribution in [0.4, 0.5) is 10.8 Å². The zero-order valence-electron chi connectivity index (χ0n) is 19.4. The molecule has 1 heterocycles. The second-order valence-corrected chi connectivity index (χ2v) is 9.53. The molecule has 0 aliphatic heterocycles. The molecular weight excluding hydrogens is 502 g/mol. The zero-order valence-corrected chi connectivity index (χ0v) is 21.1. The van der Waals surface area contributed by atoms with Crippen LogP contribution < -0.4 is 10.6 Å². The van der Waals surface area contributed by atoms with Crippen LogP contribution in [-0.4, -0.2) is 40.5 Å². The third kappa shape index (κ3) is 8.51. The zero-order chi connectivity index (χ0) is 25.9. The minimum absolute atomic E-state index is 0.0298. The molecule has 188 valence electrons. The van der Waals surface area contributed by atoms with Crippen molar-refractivity contribution in [1.29, 1.82) is 0 Å². The van der Waals surface area contributed by atoms with Gasteiger partial charge in [0.05, 0.1) is 25.1 Å². The Morgan fingerprint density at radius 1 is 1.06 bits per heavy atom. The summed E-state index contributed by atoms with van der Waals surface area (Å²) in [6.45, 7) is 2.02. The first-order valence-corrected chi connectivity index (χ1v) is 12.8. The summed E-state index contributed by atoms with van der Waals surface area (Å²) in [5.74, 6) is -2.12. The molecule has 3 aromatic rings. The number of carboxylic acid groups (broad SMARTS) is 1. The molecule has 0 aliphatic rings. The van der Waals surface area contributed by atoms with Crippen LogP contribution in [0.3, 0.4) is 0 Å². The fourth-order valence-electron chi connectivity index (χ4n) is 3.10. The number of aliphatic carboxylic acids is 1. The van der Waals surface area contributed by atoms with Gasteiger partial charge in [-0.05, 0) is 30.7 Å². The average Bonchev–Trinajstić information content (AvgIpc) is 3.28. The van der Waals surface area contributed by atoms with E-state index in [2.05, 4.69) is 15.6 Å². The van der Waals surface area contributed by atoms with Crippen molar-refractivity contribution in [3.05, 3.63) is 71.2 Å². The van der Waals surface area contributed by atoms with Crippen LogP contribution in [-0.2, 0) is 30.3 Å². The number of esters is 1. The molecule has 0 saturated heterocycles. The van der Waals surface area contributed by atoms with E-state index in [-0.39, 0.29) is 37.7 Å². The number of carbonyl (C=O) groups is 4. The maximum absolute atomic E-state index is 13.3. The fraction of sp³-hybridized carbons (Fsp3) is 0.240. The van der Waals surface area contributed by atoms with Crippen molar-refractivity contribution in [3.8, 4) is 0 Å². The molecule has 0 bridgehead atoms. The van der Waals surface area contributed by atoms with Gasteiger partial charge in [-0.25, -0.2) is 4.98 Å². The van der Waals surface area contributed by atoms with Gasteiger partial charge in [0.15, 0.2) is 5.13 Å². The van der Waals surface area contributed by atoms with Crippen molar-refractivity contribution >= 4 is 57.7 Å². The summed E-state index contributed by atoms with van der Waals surface area (Å²) in [7, 11) is 0. The number of nitrogens with one attached hydrogen (secondary N) is 2. The van der Waals surface area contributed by atoms with E-state index in [9.17, 15) is 19.2 Å². The van der Waals surface area contributed by atoms with Crippen molar-refractivity contribution in [2.45, 2.75) is 36.3 Å². The minimum atomic E-state index is -1.04. The van der Waals surface area contributed by atoms with E-state index in [0.717, 1.165) is 10.5 Å². The first-order chi connectivity index (χ1) is 17.3. The molecule has 11 heteroatoms. The summed E-state index contributed by atoms with van der Waals surface area (Å²) in [5.41, 5.74) is 1.80. The van der Waals surface area contributed by atoms with Gasteiger partial charge >= 0.3 is 11.9 Å². The highest BCUT2D eigenvalue weighted by molar-refractivity contribution is 8.00. The Bertz CT molecular complexity index is 1220. The number of thiazole rings is 1. The van der Waals surface area contributed by atoms with Crippen molar-refractivity contribution in [2.24, 2.45) is 0 Å². The highest BCUT2D eigenvalue weighted by Crippen LogP contribution is 2.37. The maximum Gasteiger partial charge on any atom is 0.311 e. The molecule has 0 radical (unpaired) electrons. The first kappa shape index (κ1) is 26.9. The largest absolute Gasteiger partial charge is 0.481 e. The molecule has 0 aliphatic carbocycles. The monoisotopic (exact) mass is 527 g/mol. The van der Waals surface area contributed by atoms with E-state index in [4.69, 9.17) is 9.84 Å². The number of hydrogen-bond acceptors (Lipinski definition) is 8. The summed E-state index contributed by atoms with van der Waals surface area (Å²) in [6, 6.07) is 16.2. The van der Waals surface area contributed by atoms with Crippen molar-refractivity contribution in [2.75, 3.05) is 17.2 Å². The molecular formula is C25H25N3O6S2. The molecule has 3 N–H and O–H groups in total. The van der Waals surface area contributed by atoms with Crippen LogP contribution in [0.1, 0.15) is 36.3 Å². The number of anilines is 2. The summed E-state index contributed by atoms with van der Waals surface area (Å²) in [4.78, 5) is 52.7. The molecule has 2 aromatic carbocycles. The molecule has 1 aromatic heterocycles. The molecule has 0 fully saturated rings. The number of benzene rings is 2. The quantitative estimate of drug-likeness (QED) is 0.231. The lowest BCUT2D eigenvalue weighted by Crippen LogP contribution is -2.19. The van der Waals surface area contributed by atoms with Gasteiger partial charge in [0.1, 0.15) is 5.25 Å². The second-order valence-electron chi connectivity index (χ2n) is 7.49. The third-order valence-electron chi connectivity index (χ3n) is 4.69. The highest BCUT2D eigenvalue weighted by atomic mass is 32.2. The first-order valence-electron chi connectivity index (χ1n) is 11.1. The van der Waals surface area contributed by atoms with Gasteiger partial charge in [0.25, 0.3) is 0 Å². The molecule has 2 amide bonds. The van der Waals surface area contributed by atoms with Crippen LogP contribution >= 0.6 is 23.1 Å². The van der Waals surface area contributed by atoms with E-state index >= 15 is 0 Å². The Balaban J connectivity index is 1.72. The number of ether oxygens (including phenoxy) is 1. The number of thioether (sulfide) groups is 1. The van der Waals surface area contributed by atoms with Crippen molar-refractivity contribution in [1.82, 2.24) is 4.98 Å². The van der Waals surface area contributed by atoms with E-state index in [0.29, 0.717) is 16.5 Å². The normalized spacial score (nSPS) is 11.4. The molecule has 1 atom stereocenters. The lowest BCUT2D eigenvalue weighted by atomic mass is 10.1. The molecule has 9 nitrogen and oxygen atoms in total. The van der Waals surface area contributed by atoms with Crippen molar-refractivity contribution < 1.29 is 29.0 Å². The molecule has 0 saturated carbocycles. The maximum atomic E-state index is 13.3. The smallest absolute Gasteiger partial charge is 0.311 e. The van der Waals surface area contributed by atoms with Crippen LogP contribution in [0.15, 0.2) is 64.9 Å². The summed E-state index contributed by atoms with van der Waals surface area (Å²) in [5, 5.41) is 15.7. The molecule has 3 rings (SSSR count). The summed E-state index contributed by atoms with van der Waals surface area (Å²) < 4.78 is 4.94. The Hall–Kier alpha value is -3.70. The Morgan fingerprint density at radius 2 is 1.83 bits per heavy atom. The van der Waals surface area contributed by atoms with E-state index in [1.54, 1.807) is 30.5 Å². The van der Waals surface area contributed by atoms with Gasteiger partial charge in [0.2, 0.25) is 11.8 Å². The number of aromatic nitrogens is 1. The van der Waals surface area contributed by atoms with Gasteiger partial charge < -0.3 is 20.5 Å². The standard InChI is InChI=1S/C25H25N3O6S2/c1-2-34-22(32)14-18-15-35-25(27-18)28-24(33)23(16-7-4-3-5-8-16)36-19-10-6-9-17(13-19)26-20(29)11-12-21(30)31/h3-10,13,15,23H,2,11-12,14H2,1H3,(H,26,29)(H,30,31)(H,27,28,33). The molecule has 36 heavy (non-hydrogen) atoms. The molecule has 0 spiro atoms. The molecule has 1 unspecified atom stereocenters. The SMILES string of the molecule is CCOC(=O)Cc1csc(NC(=O)C(Sc2cccc(NC(=O)CCC(=O)O)c2)c2ccccc2)n1. The number of nitrogens with zero attached hydrogens (tertiary/aromatic N) is 1. The van der Waals surface area contributed by atoms with Gasteiger partial charge in [-0.1, -0.05) is 36.4 Å². The number of hydrogen-bond donors (Lipinski definition) is 3. The van der Waals surface area contributed by atoms with Crippen LogP contribution in [0.25, 0.3) is 0 Å². The van der Waals surface area contributed by atoms with E-state index in [1.807, 2.05) is 36.4 Å². The van der Waals surface area contributed by atoms with Crippen molar-refractivity contribution in [3.63, 3.8) is 0 Å². The van der Waals surface area contributed by atoms with Crippen LogP contribution in [0.2, 0.25) is 0 Å². The number of rotatable bonds is 12. The predicted molar refractivity (Wildman–Crippen MR) is 138 cm³/mol. The third-order valence-corrected chi connectivity index (χ3v) is 6.75. The van der Waals surface area contributed by atoms with Gasteiger partial charge in [0, 0.05) is 22.4 Å². The number of carbonyl (C=O) groups excluding carboxylic acids is 3. The summed E-state index contributed by atoms with van der Waals surface area (Å²) in [6.07, 6.45) is -0.357. The second kappa shape index (κ2) is 13.4. The summed E-state index contributed by atoms with van der Waals surface area (Å²) >= 11 is 2.52. The minimum Gasteiger partial charge on any atom is -0.481 e. The van der Waals surface area contributed by atoms with Crippen LogP contribution in [0, 0.1) is 0 Å².